The molecular weight excluding hydrogens is 214 g/mol. The number of primary amides is 1. The van der Waals surface area contributed by atoms with Crippen LogP contribution in [0.1, 0.15) is 11.3 Å². The van der Waals surface area contributed by atoms with Crippen molar-refractivity contribution >= 4 is 23.1 Å². The molecule has 0 aliphatic heterocycles. The van der Waals surface area contributed by atoms with Crippen molar-refractivity contribution in [2.75, 3.05) is 0 Å². The molecule has 0 bridgehead atoms. The Morgan fingerprint density at radius 2 is 2.07 bits per heavy atom. The summed E-state index contributed by atoms with van der Waals surface area (Å²) in [4.78, 5) is 22.5. The molecule has 0 aromatic carbocycles. The van der Waals surface area contributed by atoms with Crippen molar-refractivity contribution in [1.82, 2.24) is 4.57 Å². The lowest BCUT2D eigenvalue weighted by Gasteiger charge is -2.09. The number of carbonyl (C=O) groups excluding carboxylic acids is 1. The third-order valence-electron chi connectivity index (χ3n) is 1.97. The predicted molar refractivity (Wildman–Crippen MR) is 60.5 cm³/mol. The number of amides is 1. The molecule has 1 rings (SSSR count). The molecule has 0 saturated carbocycles. The van der Waals surface area contributed by atoms with Crippen LogP contribution in [0.4, 0.5) is 0 Å². The zero-order chi connectivity index (χ0) is 11.6. The number of nitrogens with two attached hydrogens (primary N) is 2. The molecule has 4 N–H and O–H groups in total. The van der Waals surface area contributed by atoms with Crippen LogP contribution >= 0.6 is 12.2 Å². The van der Waals surface area contributed by atoms with Gasteiger partial charge < -0.3 is 16.0 Å². The minimum Gasteiger partial charge on any atom is -0.389 e. The van der Waals surface area contributed by atoms with E-state index in [0.29, 0.717) is 5.69 Å². The van der Waals surface area contributed by atoms with Gasteiger partial charge >= 0.3 is 0 Å². The number of hydrogen-bond acceptors (Lipinski definition) is 3. The second-order valence-corrected chi connectivity index (χ2v) is 3.55. The van der Waals surface area contributed by atoms with Crippen molar-refractivity contribution in [3.05, 3.63) is 33.7 Å². The number of thiocarbonyl (C=S) groups is 1. The molecule has 0 radical (unpaired) electrons. The molecule has 6 heteroatoms. The molecule has 0 aliphatic rings. The van der Waals surface area contributed by atoms with Gasteiger partial charge in [0.05, 0.1) is 5.56 Å². The first kappa shape index (κ1) is 11.4. The molecule has 0 unspecified atom stereocenters. The Morgan fingerprint density at radius 1 is 1.47 bits per heavy atom. The standard InChI is InChI=1S/C9H11N3O2S/c1-5-2-3-6(8(11)15)9(14)12(5)4-7(10)13/h2-3H,4H2,1H3,(H2,10,13)(H2,11,15). The molecule has 80 valence electrons. The van der Waals surface area contributed by atoms with Crippen molar-refractivity contribution in [3.8, 4) is 0 Å². The van der Waals surface area contributed by atoms with Gasteiger partial charge in [-0.1, -0.05) is 12.2 Å². The molecule has 1 aromatic rings. The van der Waals surface area contributed by atoms with Crippen LogP contribution in [0.2, 0.25) is 0 Å². The van der Waals surface area contributed by atoms with E-state index in [1.54, 1.807) is 13.0 Å². The maximum Gasteiger partial charge on any atom is 0.261 e. The minimum atomic E-state index is -0.583. The highest BCUT2D eigenvalue weighted by Crippen LogP contribution is 1.98. The Labute approximate surface area is 91.7 Å². The molecular formula is C9H11N3O2S. The van der Waals surface area contributed by atoms with Gasteiger partial charge in [0.2, 0.25) is 5.91 Å². The summed E-state index contributed by atoms with van der Waals surface area (Å²) in [6.45, 7) is 1.54. The largest absolute Gasteiger partial charge is 0.389 e. The summed E-state index contributed by atoms with van der Waals surface area (Å²) in [6.07, 6.45) is 0. The monoisotopic (exact) mass is 225 g/mol. The molecule has 15 heavy (non-hydrogen) atoms. The van der Waals surface area contributed by atoms with Crippen LogP contribution in [0.15, 0.2) is 16.9 Å². The lowest BCUT2D eigenvalue weighted by Crippen LogP contribution is -2.34. The van der Waals surface area contributed by atoms with Crippen molar-refractivity contribution in [2.24, 2.45) is 11.5 Å². The number of carbonyl (C=O) groups is 1. The SMILES string of the molecule is Cc1ccc(C(N)=S)c(=O)n1CC(N)=O. The van der Waals surface area contributed by atoms with Gasteiger partial charge in [-0.3, -0.25) is 9.59 Å². The van der Waals surface area contributed by atoms with Crippen LogP contribution in [0.3, 0.4) is 0 Å². The van der Waals surface area contributed by atoms with Crippen LogP contribution in [0.25, 0.3) is 0 Å². The maximum atomic E-state index is 11.8. The first-order valence-electron chi connectivity index (χ1n) is 4.22. The fourth-order valence-corrected chi connectivity index (χ4v) is 1.37. The Bertz CT molecular complexity index is 479. The minimum absolute atomic E-state index is 0.0122. The highest BCUT2D eigenvalue weighted by Gasteiger charge is 2.09. The topological polar surface area (TPSA) is 91.1 Å². The van der Waals surface area contributed by atoms with Crippen molar-refractivity contribution < 1.29 is 4.79 Å². The number of pyridine rings is 1. The fraction of sp³-hybridized carbons (Fsp3) is 0.222. The van der Waals surface area contributed by atoms with E-state index in [1.165, 1.54) is 10.6 Å². The van der Waals surface area contributed by atoms with Crippen LogP contribution in [0.5, 0.6) is 0 Å². The van der Waals surface area contributed by atoms with Crippen molar-refractivity contribution in [2.45, 2.75) is 13.5 Å². The Kier molecular flexibility index (Phi) is 3.21. The molecule has 5 nitrogen and oxygen atoms in total. The Morgan fingerprint density at radius 3 is 2.53 bits per heavy atom. The summed E-state index contributed by atoms with van der Waals surface area (Å²) in [5, 5.41) is 0. The van der Waals surface area contributed by atoms with Crippen LogP contribution in [-0.2, 0) is 11.3 Å². The molecule has 1 aromatic heterocycles. The molecule has 0 saturated heterocycles. The third kappa shape index (κ3) is 2.41. The third-order valence-corrected chi connectivity index (χ3v) is 2.19. The summed E-state index contributed by atoms with van der Waals surface area (Å²) in [6, 6.07) is 3.20. The summed E-state index contributed by atoms with van der Waals surface area (Å²) in [5.41, 5.74) is 10.9. The summed E-state index contributed by atoms with van der Waals surface area (Å²) < 4.78 is 1.25. The average Bonchev–Trinajstić information content (AvgIpc) is 2.11. The van der Waals surface area contributed by atoms with Gasteiger partial charge in [0.15, 0.2) is 0 Å². The highest BCUT2D eigenvalue weighted by molar-refractivity contribution is 7.80. The molecule has 1 heterocycles. The lowest BCUT2D eigenvalue weighted by molar-refractivity contribution is -0.118. The first-order valence-corrected chi connectivity index (χ1v) is 4.63. The normalized spacial score (nSPS) is 9.93. The number of aryl methyl sites for hydroxylation is 1. The van der Waals surface area contributed by atoms with Gasteiger partial charge in [-0.25, -0.2) is 0 Å². The second kappa shape index (κ2) is 4.22. The zero-order valence-electron chi connectivity index (χ0n) is 8.19. The van der Waals surface area contributed by atoms with E-state index >= 15 is 0 Å². The van der Waals surface area contributed by atoms with E-state index in [0.717, 1.165) is 0 Å². The van der Waals surface area contributed by atoms with E-state index in [9.17, 15) is 9.59 Å². The van der Waals surface area contributed by atoms with E-state index < -0.39 is 5.91 Å². The van der Waals surface area contributed by atoms with Gasteiger partial charge in [-0.2, -0.15) is 0 Å². The van der Waals surface area contributed by atoms with E-state index in [-0.39, 0.29) is 22.7 Å². The van der Waals surface area contributed by atoms with Gasteiger partial charge in [-0.05, 0) is 19.1 Å². The van der Waals surface area contributed by atoms with Crippen LogP contribution < -0.4 is 17.0 Å². The predicted octanol–water partition coefficient (Wildman–Crippen LogP) is -0.724. The van der Waals surface area contributed by atoms with Gasteiger partial charge in [-0.15, -0.1) is 0 Å². The fourth-order valence-electron chi connectivity index (χ4n) is 1.21. The number of hydrogen-bond donors (Lipinski definition) is 2. The number of aromatic nitrogens is 1. The number of rotatable bonds is 3. The summed E-state index contributed by atoms with van der Waals surface area (Å²) >= 11 is 4.71. The van der Waals surface area contributed by atoms with Crippen LogP contribution in [0, 0.1) is 6.92 Å². The Hall–Kier alpha value is -1.69. The van der Waals surface area contributed by atoms with Gasteiger partial charge in [0.25, 0.3) is 5.56 Å². The summed E-state index contributed by atoms with van der Waals surface area (Å²) in [5.74, 6) is -0.583. The van der Waals surface area contributed by atoms with E-state index in [2.05, 4.69) is 0 Å². The first-order chi connectivity index (χ1) is 6.93. The quantitative estimate of drug-likeness (QED) is 0.664. The maximum absolute atomic E-state index is 11.8. The van der Waals surface area contributed by atoms with E-state index in [1.807, 2.05) is 0 Å². The summed E-state index contributed by atoms with van der Waals surface area (Å²) in [7, 11) is 0. The lowest BCUT2D eigenvalue weighted by atomic mass is 10.2. The van der Waals surface area contributed by atoms with Crippen molar-refractivity contribution in [1.29, 1.82) is 0 Å². The second-order valence-electron chi connectivity index (χ2n) is 3.11. The average molecular weight is 225 g/mol. The Balaban J connectivity index is 3.37. The van der Waals surface area contributed by atoms with Gasteiger partial charge in [0, 0.05) is 5.69 Å². The van der Waals surface area contributed by atoms with Crippen LogP contribution in [-0.4, -0.2) is 15.5 Å². The van der Waals surface area contributed by atoms with Crippen molar-refractivity contribution in [3.63, 3.8) is 0 Å². The van der Waals surface area contributed by atoms with Gasteiger partial charge in [0.1, 0.15) is 11.5 Å². The molecule has 0 atom stereocenters. The highest BCUT2D eigenvalue weighted by atomic mass is 32.1. The molecule has 1 amide bonds. The zero-order valence-corrected chi connectivity index (χ0v) is 9.00. The molecule has 0 aliphatic carbocycles. The molecule has 0 fully saturated rings. The smallest absolute Gasteiger partial charge is 0.261 e. The van der Waals surface area contributed by atoms with E-state index in [4.69, 9.17) is 23.7 Å². The molecule has 0 spiro atoms. The number of nitrogens with zero attached hydrogens (tertiary/aromatic N) is 1.